The van der Waals surface area contributed by atoms with Crippen LogP contribution in [-0.4, -0.2) is 36.5 Å². The van der Waals surface area contributed by atoms with E-state index in [0.717, 1.165) is 124 Å². The summed E-state index contributed by atoms with van der Waals surface area (Å²) in [4.78, 5) is 0. The van der Waals surface area contributed by atoms with Crippen molar-refractivity contribution in [2.24, 2.45) is 0 Å². The molecule has 0 bridgehead atoms. The molecule has 1 aromatic rings. The summed E-state index contributed by atoms with van der Waals surface area (Å²) in [6.07, 6.45) is 20.2. The third kappa shape index (κ3) is 12.0. The van der Waals surface area contributed by atoms with Crippen LogP contribution in [0.5, 0.6) is 11.5 Å². The smallest absolute Gasteiger partial charge is 0.199 e. The maximum absolute atomic E-state index is 11.5. The first-order chi connectivity index (χ1) is 21.0. The Bertz CT molecular complexity index is 1130. The van der Waals surface area contributed by atoms with E-state index in [-0.39, 0.29) is 12.6 Å². The normalized spacial score (nSPS) is 21.1. The topological polar surface area (TPSA) is 57.2 Å². The molecule has 2 saturated heterocycles. The molecule has 2 aliphatic heterocycles. The molecule has 2 aliphatic rings. The lowest BCUT2D eigenvalue weighted by molar-refractivity contribution is -0.108. The van der Waals surface area contributed by atoms with E-state index in [0.29, 0.717) is 12.8 Å². The average molecular weight is 611 g/mol. The van der Waals surface area contributed by atoms with Crippen molar-refractivity contribution in [2.75, 3.05) is 13.2 Å². The van der Waals surface area contributed by atoms with Gasteiger partial charge < -0.3 is 24.1 Å². The zero-order valence-corrected chi connectivity index (χ0v) is 29.3. The Kier molecular flexibility index (Phi) is 15.0. The van der Waals surface area contributed by atoms with Crippen molar-refractivity contribution < 1.29 is 24.1 Å². The molecule has 2 heterocycles. The van der Waals surface area contributed by atoms with Gasteiger partial charge in [-0.05, 0) is 149 Å². The Hall–Kier alpha value is -2.08. The monoisotopic (exact) mass is 610 g/mol. The van der Waals surface area contributed by atoms with Gasteiger partial charge in [0, 0.05) is 18.4 Å². The Morgan fingerprint density at radius 3 is 1.80 bits per heavy atom. The van der Waals surface area contributed by atoms with Gasteiger partial charge in [0.25, 0.3) is 0 Å². The lowest BCUT2D eigenvalue weighted by Crippen LogP contribution is -2.28. The van der Waals surface area contributed by atoms with Gasteiger partial charge in [0.2, 0.25) is 0 Å². The third-order valence-corrected chi connectivity index (χ3v) is 9.30. The molecule has 1 aromatic carbocycles. The van der Waals surface area contributed by atoms with Crippen molar-refractivity contribution in [3.63, 3.8) is 0 Å². The van der Waals surface area contributed by atoms with Crippen LogP contribution in [0.25, 0.3) is 0 Å². The standard InChI is InChI=1S/C39H62O5/c1-28(2)16-13-17-29(3)18-14-19-30(4)20-15-24-39(8,40)25-23-34-33(7)37(43-35-21-9-11-26-41-35)31(5)32(6)38(34)44-36-22-10-12-27-42-36/h16,18,20,35-36,40H,9-15,17,19,21-27H2,1-8H3/b29-18+,30-20+/t35?,36?,39-/m1/s1. The number of aliphatic hydroxyl groups is 1. The molecule has 0 saturated carbocycles. The summed E-state index contributed by atoms with van der Waals surface area (Å²) in [6, 6.07) is 0. The summed E-state index contributed by atoms with van der Waals surface area (Å²) >= 11 is 0. The molecular weight excluding hydrogens is 548 g/mol. The van der Waals surface area contributed by atoms with Crippen molar-refractivity contribution in [1.82, 2.24) is 0 Å². The van der Waals surface area contributed by atoms with Gasteiger partial charge in [-0.15, -0.1) is 0 Å². The van der Waals surface area contributed by atoms with Gasteiger partial charge in [0.05, 0.1) is 18.8 Å². The zero-order chi connectivity index (χ0) is 32.1. The lowest BCUT2D eigenvalue weighted by Gasteiger charge is -2.31. The number of hydrogen-bond acceptors (Lipinski definition) is 5. The second-order valence-corrected chi connectivity index (χ2v) is 13.8. The van der Waals surface area contributed by atoms with Crippen LogP contribution >= 0.6 is 0 Å². The summed E-state index contributed by atoms with van der Waals surface area (Å²) in [7, 11) is 0. The minimum Gasteiger partial charge on any atom is -0.464 e. The van der Waals surface area contributed by atoms with E-state index in [1.54, 1.807) is 0 Å². The Morgan fingerprint density at radius 1 is 0.727 bits per heavy atom. The van der Waals surface area contributed by atoms with Crippen molar-refractivity contribution in [3.8, 4) is 11.5 Å². The van der Waals surface area contributed by atoms with Crippen molar-refractivity contribution in [3.05, 3.63) is 57.2 Å². The maximum Gasteiger partial charge on any atom is 0.199 e. The fourth-order valence-electron chi connectivity index (χ4n) is 6.15. The molecule has 2 unspecified atom stereocenters. The van der Waals surface area contributed by atoms with Crippen LogP contribution in [0.15, 0.2) is 34.9 Å². The summed E-state index contributed by atoms with van der Waals surface area (Å²) in [5.41, 5.74) is 7.86. The zero-order valence-electron chi connectivity index (χ0n) is 29.3. The van der Waals surface area contributed by atoms with Gasteiger partial charge in [-0.2, -0.15) is 0 Å². The summed E-state index contributed by atoms with van der Waals surface area (Å²) < 4.78 is 25.0. The molecule has 2 fully saturated rings. The summed E-state index contributed by atoms with van der Waals surface area (Å²) in [6.45, 7) is 18.6. The third-order valence-electron chi connectivity index (χ3n) is 9.30. The van der Waals surface area contributed by atoms with Gasteiger partial charge >= 0.3 is 0 Å². The van der Waals surface area contributed by atoms with E-state index in [4.69, 9.17) is 18.9 Å². The highest BCUT2D eigenvalue weighted by molar-refractivity contribution is 5.58. The summed E-state index contributed by atoms with van der Waals surface area (Å²) in [5.74, 6) is 1.81. The summed E-state index contributed by atoms with van der Waals surface area (Å²) in [5, 5.41) is 11.5. The van der Waals surface area contributed by atoms with Crippen LogP contribution < -0.4 is 9.47 Å². The quantitative estimate of drug-likeness (QED) is 0.189. The number of ether oxygens (including phenoxy) is 4. The fourth-order valence-corrected chi connectivity index (χ4v) is 6.15. The van der Waals surface area contributed by atoms with Crippen LogP contribution in [-0.2, 0) is 15.9 Å². The Labute approximate surface area is 269 Å². The van der Waals surface area contributed by atoms with Crippen LogP contribution in [0.1, 0.15) is 140 Å². The molecule has 3 rings (SSSR count). The molecule has 5 heteroatoms. The van der Waals surface area contributed by atoms with Crippen LogP contribution in [0, 0.1) is 20.8 Å². The first-order valence-corrected chi connectivity index (χ1v) is 17.3. The van der Waals surface area contributed by atoms with Gasteiger partial charge in [-0.25, -0.2) is 0 Å². The van der Waals surface area contributed by atoms with E-state index in [1.807, 2.05) is 6.92 Å². The van der Waals surface area contributed by atoms with Gasteiger partial charge in [-0.3, -0.25) is 0 Å². The van der Waals surface area contributed by atoms with E-state index in [2.05, 4.69) is 66.7 Å². The first-order valence-electron chi connectivity index (χ1n) is 17.3. The minimum absolute atomic E-state index is 0.207. The van der Waals surface area contributed by atoms with E-state index >= 15 is 0 Å². The fraction of sp³-hybridized carbons (Fsp3) is 0.692. The largest absolute Gasteiger partial charge is 0.464 e. The van der Waals surface area contributed by atoms with Gasteiger partial charge in [-0.1, -0.05) is 34.9 Å². The molecule has 0 aliphatic carbocycles. The molecule has 0 radical (unpaired) electrons. The van der Waals surface area contributed by atoms with Crippen LogP contribution in [0.2, 0.25) is 0 Å². The highest BCUT2D eigenvalue weighted by Crippen LogP contribution is 2.41. The van der Waals surface area contributed by atoms with Crippen molar-refractivity contribution >= 4 is 0 Å². The Balaban J connectivity index is 1.65. The van der Waals surface area contributed by atoms with Crippen LogP contribution in [0.4, 0.5) is 0 Å². The molecule has 44 heavy (non-hydrogen) atoms. The van der Waals surface area contributed by atoms with E-state index in [1.165, 1.54) is 16.7 Å². The molecule has 3 atom stereocenters. The molecule has 5 nitrogen and oxygen atoms in total. The average Bonchev–Trinajstić information content (AvgIpc) is 2.98. The number of rotatable bonds is 16. The molecular formula is C39H62O5. The molecule has 1 N–H and O–H groups in total. The second kappa shape index (κ2) is 18.2. The SMILES string of the molecule is CC(C)=CCC/C(C)=C/CC/C(C)=C/CC[C@@](C)(O)CCc1c(C)c(OC2CCCCO2)c(C)c(C)c1OC1CCCCO1. The molecule has 0 aromatic heterocycles. The highest BCUT2D eigenvalue weighted by atomic mass is 16.7. The van der Waals surface area contributed by atoms with Crippen molar-refractivity contribution in [2.45, 2.75) is 163 Å². The Morgan fingerprint density at radius 2 is 1.25 bits per heavy atom. The molecule has 248 valence electrons. The van der Waals surface area contributed by atoms with Gasteiger partial charge in [0.1, 0.15) is 11.5 Å². The number of allylic oxidation sites excluding steroid dienone is 6. The van der Waals surface area contributed by atoms with E-state index < -0.39 is 5.60 Å². The van der Waals surface area contributed by atoms with Crippen LogP contribution in [0.3, 0.4) is 0 Å². The molecule has 0 amide bonds. The minimum atomic E-state index is -0.782. The first kappa shape index (κ1) is 36.4. The molecule has 0 spiro atoms. The highest BCUT2D eigenvalue weighted by Gasteiger charge is 2.28. The number of hydrogen-bond donors (Lipinski definition) is 1. The van der Waals surface area contributed by atoms with Crippen molar-refractivity contribution in [1.29, 1.82) is 0 Å². The number of benzene rings is 1. The van der Waals surface area contributed by atoms with E-state index in [9.17, 15) is 5.11 Å². The predicted molar refractivity (Wildman–Crippen MR) is 183 cm³/mol. The van der Waals surface area contributed by atoms with Gasteiger partial charge in [0.15, 0.2) is 12.6 Å². The predicted octanol–water partition coefficient (Wildman–Crippen LogP) is 10.3. The maximum atomic E-state index is 11.5. The lowest BCUT2D eigenvalue weighted by atomic mass is 9.88. The second-order valence-electron chi connectivity index (χ2n) is 13.8.